The molecule has 1 aromatic carbocycles. The number of nitrogens with one attached hydrogen (secondary N) is 3. The van der Waals surface area contributed by atoms with E-state index in [4.69, 9.17) is 0 Å². The van der Waals surface area contributed by atoms with E-state index in [-0.39, 0.29) is 17.6 Å². The highest BCUT2D eigenvalue weighted by molar-refractivity contribution is 6.04. The van der Waals surface area contributed by atoms with Crippen LogP contribution in [0, 0.1) is 6.92 Å². The molecule has 2 amide bonds. The van der Waals surface area contributed by atoms with Gasteiger partial charge in [-0.15, -0.1) is 0 Å². The molecule has 0 fully saturated rings. The van der Waals surface area contributed by atoms with Crippen molar-refractivity contribution < 1.29 is 14.4 Å². The molecule has 0 radical (unpaired) electrons. The first-order valence-electron chi connectivity index (χ1n) is 8.44. The number of hydrogen-bond donors (Lipinski definition) is 3. The second kappa shape index (κ2) is 7.34. The summed E-state index contributed by atoms with van der Waals surface area (Å²) in [6, 6.07) is 8.91. The van der Waals surface area contributed by atoms with Crippen LogP contribution in [-0.2, 0) is 6.42 Å². The molecular weight excluding hydrogens is 318 g/mol. The number of hydrogen-bond acceptors (Lipinski definition) is 3. The average molecular weight is 339 g/mol. The third-order valence-electron chi connectivity index (χ3n) is 4.40. The summed E-state index contributed by atoms with van der Waals surface area (Å²) < 4.78 is 0. The SMILES string of the molecule is Cc1c(C(=O)NCCNC(=O)c2ccccc2)[nH]c2c1C(=O)CCC2. The van der Waals surface area contributed by atoms with Gasteiger partial charge in [-0.25, -0.2) is 0 Å². The van der Waals surface area contributed by atoms with Crippen molar-refractivity contribution in [2.75, 3.05) is 13.1 Å². The van der Waals surface area contributed by atoms with Crippen molar-refractivity contribution in [1.29, 1.82) is 0 Å². The van der Waals surface area contributed by atoms with Crippen LogP contribution in [0.4, 0.5) is 0 Å². The highest BCUT2D eigenvalue weighted by Gasteiger charge is 2.26. The number of rotatable bonds is 5. The molecule has 0 saturated heterocycles. The lowest BCUT2D eigenvalue weighted by Crippen LogP contribution is -2.35. The van der Waals surface area contributed by atoms with E-state index >= 15 is 0 Å². The maximum absolute atomic E-state index is 12.3. The van der Waals surface area contributed by atoms with Crippen LogP contribution in [0.2, 0.25) is 0 Å². The van der Waals surface area contributed by atoms with Crippen molar-refractivity contribution in [2.45, 2.75) is 26.2 Å². The van der Waals surface area contributed by atoms with Crippen LogP contribution in [0.1, 0.15) is 55.3 Å². The molecule has 0 unspecified atom stereocenters. The number of aryl methyl sites for hydroxylation is 1. The molecule has 2 aromatic rings. The molecule has 130 valence electrons. The minimum Gasteiger partial charge on any atom is -0.354 e. The third-order valence-corrected chi connectivity index (χ3v) is 4.40. The number of carbonyl (C=O) groups excluding carboxylic acids is 3. The first-order chi connectivity index (χ1) is 12.1. The molecule has 3 rings (SSSR count). The van der Waals surface area contributed by atoms with Gasteiger partial charge in [-0.05, 0) is 37.5 Å². The predicted molar refractivity (Wildman–Crippen MR) is 93.9 cm³/mol. The predicted octanol–water partition coefficient (Wildman–Crippen LogP) is 2.00. The fourth-order valence-corrected chi connectivity index (χ4v) is 3.13. The Morgan fingerprint density at radius 1 is 1.04 bits per heavy atom. The standard InChI is InChI=1S/C19H21N3O3/c1-12-16-14(8-5-9-15(16)23)22-17(12)19(25)21-11-10-20-18(24)13-6-3-2-4-7-13/h2-4,6-7,22H,5,8-11H2,1H3,(H,20,24)(H,21,25). The van der Waals surface area contributed by atoms with Crippen LogP contribution in [0.15, 0.2) is 30.3 Å². The van der Waals surface area contributed by atoms with E-state index in [1.165, 1.54) is 0 Å². The van der Waals surface area contributed by atoms with E-state index in [9.17, 15) is 14.4 Å². The Kier molecular flexibility index (Phi) is 4.97. The number of ketones is 1. The number of benzene rings is 1. The van der Waals surface area contributed by atoms with Crippen molar-refractivity contribution in [1.82, 2.24) is 15.6 Å². The maximum atomic E-state index is 12.3. The van der Waals surface area contributed by atoms with Gasteiger partial charge in [0.1, 0.15) is 5.69 Å². The van der Waals surface area contributed by atoms with E-state index in [0.29, 0.717) is 41.9 Å². The summed E-state index contributed by atoms with van der Waals surface area (Å²) in [7, 11) is 0. The highest BCUT2D eigenvalue weighted by Crippen LogP contribution is 2.26. The summed E-state index contributed by atoms with van der Waals surface area (Å²) in [6.07, 6.45) is 2.15. The van der Waals surface area contributed by atoms with Gasteiger partial charge in [0.15, 0.2) is 5.78 Å². The molecule has 6 heteroatoms. The molecule has 0 spiro atoms. The lowest BCUT2D eigenvalue weighted by molar-refractivity contribution is 0.0925. The molecule has 1 aliphatic rings. The summed E-state index contributed by atoms with van der Waals surface area (Å²) in [4.78, 5) is 39.4. The Labute approximate surface area is 146 Å². The van der Waals surface area contributed by atoms with Crippen molar-refractivity contribution >= 4 is 17.6 Å². The van der Waals surface area contributed by atoms with Crippen LogP contribution in [-0.4, -0.2) is 35.7 Å². The zero-order valence-corrected chi connectivity index (χ0v) is 14.1. The van der Waals surface area contributed by atoms with Gasteiger partial charge >= 0.3 is 0 Å². The molecule has 25 heavy (non-hydrogen) atoms. The number of H-pyrrole nitrogens is 1. The molecule has 1 aromatic heterocycles. The lowest BCUT2D eigenvalue weighted by atomic mass is 9.94. The van der Waals surface area contributed by atoms with Gasteiger partial charge < -0.3 is 15.6 Å². The normalized spacial score (nSPS) is 13.2. The first-order valence-corrected chi connectivity index (χ1v) is 8.44. The molecule has 0 saturated carbocycles. The summed E-state index contributed by atoms with van der Waals surface area (Å²) in [6.45, 7) is 2.44. The van der Waals surface area contributed by atoms with E-state index in [2.05, 4.69) is 15.6 Å². The van der Waals surface area contributed by atoms with Crippen LogP contribution in [0.25, 0.3) is 0 Å². The van der Waals surface area contributed by atoms with Crippen molar-refractivity contribution in [3.63, 3.8) is 0 Å². The number of amides is 2. The molecule has 0 atom stereocenters. The third kappa shape index (κ3) is 3.63. The van der Waals surface area contributed by atoms with E-state index in [0.717, 1.165) is 18.5 Å². The van der Waals surface area contributed by atoms with Gasteiger partial charge in [0, 0.05) is 36.3 Å². The quantitative estimate of drug-likeness (QED) is 0.728. The number of aromatic amines is 1. The second-order valence-corrected chi connectivity index (χ2v) is 6.13. The maximum Gasteiger partial charge on any atom is 0.268 e. The highest BCUT2D eigenvalue weighted by atomic mass is 16.2. The Hall–Kier alpha value is -2.89. The smallest absolute Gasteiger partial charge is 0.268 e. The Morgan fingerprint density at radius 3 is 2.40 bits per heavy atom. The van der Waals surface area contributed by atoms with Crippen LogP contribution in [0.5, 0.6) is 0 Å². The topological polar surface area (TPSA) is 91.1 Å². The Morgan fingerprint density at radius 2 is 1.72 bits per heavy atom. The molecule has 3 N–H and O–H groups in total. The fourth-order valence-electron chi connectivity index (χ4n) is 3.13. The van der Waals surface area contributed by atoms with E-state index < -0.39 is 0 Å². The number of carbonyl (C=O) groups is 3. The first kappa shape index (κ1) is 17.0. The van der Waals surface area contributed by atoms with E-state index in [1.54, 1.807) is 31.2 Å². The van der Waals surface area contributed by atoms with Crippen LogP contribution < -0.4 is 10.6 Å². The zero-order valence-electron chi connectivity index (χ0n) is 14.1. The van der Waals surface area contributed by atoms with Crippen molar-refractivity contribution in [2.24, 2.45) is 0 Å². The van der Waals surface area contributed by atoms with Crippen molar-refractivity contribution in [3.8, 4) is 0 Å². The number of Topliss-reactive ketones (excluding diaryl/α,β-unsaturated/α-hetero) is 1. The summed E-state index contributed by atoms with van der Waals surface area (Å²) in [5.74, 6) is -0.329. The molecule has 1 aliphatic carbocycles. The fraction of sp³-hybridized carbons (Fsp3) is 0.316. The van der Waals surface area contributed by atoms with Crippen molar-refractivity contribution in [3.05, 3.63) is 58.4 Å². The molecule has 1 heterocycles. The second-order valence-electron chi connectivity index (χ2n) is 6.13. The number of fused-ring (bicyclic) bond motifs is 1. The lowest BCUT2D eigenvalue weighted by Gasteiger charge is -2.09. The van der Waals surface area contributed by atoms with Gasteiger partial charge in [-0.2, -0.15) is 0 Å². The zero-order chi connectivity index (χ0) is 17.8. The van der Waals surface area contributed by atoms with Gasteiger partial charge in [0.2, 0.25) is 0 Å². The van der Waals surface area contributed by atoms with Crippen LogP contribution >= 0.6 is 0 Å². The Bertz CT molecular complexity index is 809. The van der Waals surface area contributed by atoms with Gasteiger partial charge in [-0.3, -0.25) is 14.4 Å². The van der Waals surface area contributed by atoms with Gasteiger partial charge in [0.05, 0.1) is 0 Å². The molecular formula is C19H21N3O3. The van der Waals surface area contributed by atoms with Crippen LogP contribution in [0.3, 0.4) is 0 Å². The minimum atomic E-state index is -0.256. The van der Waals surface area contributed by atoms with Gasteiger partial charge in [-0.1, -0.05) is 18.2 Å². The summed E-state index contributed by atoms with van der Waals surface area (Å²) in [5.41, 5.74) is 3.27. The van der Waals surface area contributed by atoms with E-state index in [1.807, 2.05) is 6.07 Å². The summed E-state index contributed by atoms with van der Waals surface area (Å²) >= 11 is 0. The summed E-state index contributed by atoms with van der Waals surface area (Å²) in [5, 5.41) is 5.53. The molecule has 6 nitrogen and oxygen atoms in total. The molecule has 0 bridgehead atoms. The monoisotopic (exact) mass is 339 g/mol. The molecule has 0 aliphatic heterocycles. The van der Waals surface area contributed by atoms with Gasteiger partial charge in [0.25, 0.3) is 11.8 Å². The Balaban J connectivity index is 1.53. The minimum absolute atomic E-state index is 0.101. The largest absolute Gasteiger partial charge is 0.354 e. The number of aromatic nitrogens is 1. The average Bonchev–Trinajstić information content (AvgIpc) is 2.97.